The Morgan fingerprint density at radius 3 is 2.77 bits per heavy atom. The first kappa shape index (κ1) is 21.1. The quantitative estimate of drug-likeness (QED) is 0.615. The molecule has 0 atom stereocenters. The predicted molar refractivity (Wildman–Crippen MR) is 118 cm³/mol. The van der Waals surface area contributed by atoms with E-state index < -0.39 is 5.63 Å². The van der Waals surface area contributed by atoms with Gasteiger partial charge in [0.05, 0.1) is 6.10 Å². The molecule has 4 rings (SSSR count). The summed E-state index contributed by atoms with van der Waals surface area (Å²) in [7, 11) is 0. The molecule has 1 amide bonds. The van der Waals surface area contributed by atoms with Crippen LogP contribution in [0.4, 0.5) is 0 Å². The van der Waals surface area contributed by atoms with Crippen LogP contribution in [0.15, 0.2) is 58.0 Å². The molecule has 0 radical (unpaired) electrons. The summed E-state index contributed by atoms with van der Waals surface area (Å²) in [6, 6.07) is 10.9. The third-order valence-corrected chi connectivity index (χ3v) is 5.38. The molecular weight excluding hydrogens is 394 g/mol. The maximum absolute atomic E-state index is 12.7. The molecule has 3 heterocycles. The van der Waals surface area contributed by atoms with Gasteiger partial charge in [-0.1, -0.05) is 6.07 Å². The first-order chi connectivity index (χ1) is 15.0. The van der Waals surface area contributed by atoms with Crippen molar-refractivity contribution in [3.8, 4) is 5.75 Å². The number of nitrogens with one attached hydrogen (secondary N) is 1. The fraction of sp³-hybridized carbons (Fsp3) is 0.375. The van der Waals surface area contributed by atoms with Crippen LogP contribution in [0.25, 0.3) is 11.0 Å². The Labute approximate surface area is 181 Å². The molecule has 1 aliphatic heterocycles. The first-order valence-corrected chi connectivity index (χ1v) is 10.6. The van der Waals surface area contributed by atoms with E-state index in [1.165, 1.54) is 5.56 Å². The number of amides is 1. The first-order valence-electron chi connectivity index (χ1n) is 10.6. The molecule has 31 heavy (non-hydrogen) atoms. The smallest absolute Gasteiger partial charge is 0.349 e. The largest absolute Gasteiger partial charge is 0.491 e. The second-order valence-corrected chi connectivity index (χ2v) is 8.20. The van der Waals surface area contributed by atoms with Crippen molar-refractivity contribution < 1.29 is 13.9 Å². The molecule has 162 valence electrons. The lowest BCUT2D eigenvalue weighted by Gasteiger charge is -2.32. The highest BCUT2D eigenvalue weighted by Gasteiger charge is 2.23. The van der Waals surface area contributed by atoms with Crippen LogP contribution in [0, 0.1) is 0 Å². The molecule has 7 heteroatoms. The zero-order valence-corrected chi connectivity index (χ0v) is 17.8. The monoisotopic (exact) mass is 421 g/mol. The van der Waals surface area contributed by atoms with Gasteiger partial charge in [-0.15, -0.1) is 0 Å². The van der Waals surface area contributed by atoms with Crippen LogP contribution in [0.2, 0.25) is 0 Å². The van der Waals surface area contributed by atoms with E-state index in [-0.39, 0.29) is 23.6 Å². The predicted octanol–water partition coefficient (Wildman–Crippen LogP) is 3.37. The Balaban J connectivity index is 1.38. The Hall–Kier alpha value is -3.19. The summed E-state index contributed by atoms with van der Waals surface area (Å²) in [4.78, 5) is 31.7. The number of hydrogen-bond donors (Lipinski definition) is 1. The molecular formula is C24H27N3O4. The summed E-state index contributed by atoms with van der Waals surface area (Å²) in [5.41, 5.74) is 0.979. The minimum atomic E-state index is -0.638. The number of hydrogen-bond acceptors (Lipinski definition) is 6. The van der Waals surface area contributed by atoms with E-state index in [0.717, 1.165) is 32.5 Å². The van der Waals surface area contributed by atoms with Crippen LogP contribution < -0.4 is 15.7 Å². The van der Waals surface area contributed by atoms with E-state index in [2.05, 4.69) is 21.3 Å². The van der Waals surface area contributed by atoms with Gasteiger partial charge >= 0.3 is 5.63 Å². The van der Waals surface area contributed by atoms with Crippen LogP contribution in [-0.4, -0.2) is 41.0 Å². The van der Waals surface area contributed by atoms with E-state index in [1.54, 1.807) is 24.4 Å². The van der Waals surface area contributed by atoms with Crippen molar-refractivity contribution in [3.63, 3.8) is 0 Å². The lowest BCUT2D eigenvalue weighted by Crippen LogP contribution is -2.45. The fourth-order valence-electron chi connectivity index (χ4n) is 3.84. The van der Waals surface area contributed by atoms with Crippen LogP contribution in [0.3, 0.4) is 0 Å². The molecule has 0 aliphatic carbocycles. The molecule has 1 fully saturated rings. The van der Waals surface area contributed by atoms with Crippen molar-refractivity contribution in [2.45, 2.75) is 45.4 Å². The van der Waals surface area contributed by atoms with Gasteiger partial charge in [0.15, 0.2) is 0 Å². The standard InChI is InChI=1S/C24H27N3O4/c1-16(2)30-20-6-5-18-12-21(24(29)31-22(18)13-20)23(28)26-19-7-10-27(11-8-19)15-17-4-3-9-25-14-17/h3-6,9,12-14,16,19H,7-8,10-11,15H2,1-2H3,(H,26,28). The number of ether oxygens (including phenoxy) is 1. The zero-order chi connectivity index (χ0) is 21.8. The molecule has 0 spiro atoms. The number of nitrogens with zero attached hydrogens (tertiary/aromatic N) is 2. The van der Waals surface area contributed by atoms with Gasteiger partial charge in [-0.05, 0) is 56.5 Å². The number of benzene rings is 1. The average Bonchev–Trinajstić information content (AvgIpc) is 2.75. The van der Waals surface area contributed by atoms with Gasteiger partial charge in [0.2, 0.25) is 0 Å². The van der Waals surface area contributed by atoms with Crippen LogP contribution in [0.1, 0.15) is 42.6 Å². The lowest BCUT2D eigenvalue weighted by atomic mass is 10.0. The van der Waals surface area contributed by atoms with Gasteiger partial charge in [0, 0.05) is 49.5 Å². The molecule has 0 saturated carbocycles. The third kappa shape index (κ3) is 5.30. The number of carbonyl (C=O) groups excluding carboxylic acids is 1. The molecule has 3 aromatic rings. The molecule has 7 nitrogen and oxygen atoms in total. The molecule has 1 saturated heterocycles. The van der Waals surface area contributed by atoms with Crippen LogP contribution in [0.5, 0.6) is 5.75 Å². The number of fused-ring (bicyclic) bond motifs is 1. The van der Waals surface area contributed by atoms with Crippen molar-refractivity contribution in [3.05, 3.63) is 70.3 Å². The molecule has 1 aromatic carbocycles. The number of rotatable bonds is 6. The van der Waals surface area contributed by atoms with Gasteiger partial charge in [0.25, 0.3) is 5.91 Å². The van der Waals surface area contributed by atoms with E-state index in [0.29, 0.717) is 16.7 Å². The molecule has 1 N–H and O–H groups in total. The van der Waals surface area contributed by atoms with Crippen molar-refractivity contribution in [2.24, 2.45) is 0 Å². The molecule has 1 aliphatic rings. The molecule has 0 bridgehead atoms. The van der Waals surface area contributed by atoms with E-state index >= 15 is 0 Å². The van der Waals surface area contributed by atoms with E-state index in [9.17, 15) is 9.59 Å². The number of likely N-dealkylation sites (tertiary alicyclic amines) is 1. The van der Waals surface area contributed by atoms with Crippen LogP contribution >= 0.6 is 0 Å². The zero-order valence-electron chi connectivity index (χ0n) is 17.8. The topological polar surface area (TPSA) is 84.7 Å². The summed E-state index contributed by atoms with van der Waals surface area (Å²) in [6.45, 7) is 6.47. The minimum Gasteiger partial charge on any atom is -0.491 e. The fourth-order valence-corrected chi connectivity index (χ4v) is 3.84. The van der Waals surface area contributed by atoms with Crippen LogP contribution in [-0.2, 0) is 6.54 Å². The lowest BCUT2D eigenvalue weighted by molar-refractivity contribution is 0.0905. The van der Waals surface area contributed by atoms with Crippen molar-refractivity contribution in [2.75, 3.05) is 13.1 Å². The molecule has 2 aromatic heterocycles. The number of carbonyl (C=O) groups is 1. The second kappa shape index (κ2) is 9.31. The Bertz CT molecular complexity index is 1100. The summed E-state index contributed by atoms with van der Waals surface area (Å²) in [6.07, 6.45) is 5.34. The third-order valence-electron chi connectivity index (χ3n) is 5.38. The summed E-state index contributed by atoms with van der Waals surface area (Å²) < 4.78 is 11.0. The van der Waals surface area contributed by atoms with Crippen molar-refractivity contribution in [1.29, 1.82) is 0 Å². The maximum Gasteiger partial charge on any atom is 0.349 e. The Morgan fingerprint density at radius 1 is 1.26 bits per heavy atom. The highest BCUT2D eigenvalue weighted by Crippen LogP contribution is 2.22. The maximum atomic E-state index is 12.7. The van der Waals surface area contributed by atoms with E-state index in [1.807, 2.05) is 32.2 Å². The summed E-state index contributed by atoms with van der Waals surface area (Å²) in [5.74, 6) is 0.241. The van der Waals surface area contributed by atoms with Crippen molar-refractivity contribution in [1.82, 2.24) is 15.2 Å². The summed E-state index contributed by atoms with van der Waals surface area (Å²) in [5, 5.41) is 3.69. The number of aromatic nitrogens is 1. The van der Waals surface area contributed by atoms with Crippen molar-refractivity contribution >= 4 is 16.9 Å². The van der Waals surface area contributed by atoms with Gasteiger partial charge in [-0.3, -0.25) is 14.7 Å². The highest BCUT2D eigenvalue weighted by molar-refractivity contribution is 5.96. The van der Waals surface area contributed by atoms with Gasteiger partial charge in [-0.2, -0.15) is 0 Å². The van der Waals surface area contributed by atoms with E-state index in [4.69, 9.17) is 9.15 Å². The average molecular weight is 421 g/mol. The normalized spacial score (nSPS) is 15.3. The molecule has 0 unspecified atom stereocenters. The van der Waals surface area contributed by atoms with Gasteiger partial charge < -0.3 is 14.5 Å². The van der Waals surface area contributed by atoms with Gasteiger partial charge in [0.1, 0.15) is 16.9 Å². The van der Waals surface area contributed by atoms with Gasteiger partial charge in [-0.25, -0.2) is 4.79 Å². The number of pyridine rings is 1. The number of piperidine rings is 1. The highest BCUT2D eigenvalue weighted by atomic mass is 16.5. The summed E-state index contributed by atoms with van der Waals surface area (Å²) >= 11 is 0. The SMILES string of the molecule is CC(C)Oc1ccc2cc(C(=O)NC3CCN(Cc4cccnc4)CC3)c(=O)oc2c1. The second-order valence-electron chi connectivity index (χ2n) is 8.20. The Morgan fingerprint density at radius 2 is 2.06 bits per heavy atom. The Kier molecular flexibility index (Phi) is 6.32. The minimum absolute atomic E-state index is 0.0185.